The predicted molar refractivity (Wildman–Crippen MR) is 76.9 cm³/mol. The van der Waals surface area contributed by atoms with Crippen LogP contribution in [0.4, 0.5) is 5.82 Å². The van der Waals surface area contributed by atoms with Gasteiger partial charge in [-0.25, -0.2) is 4.98 Å². The van der Waals surface area contributed by atoms with E-state index in [0.29, 0.717) is 6.04 Å². The second-order valence-electron chi connectivity index (χ2n) is 5.42. The van der Waals surface area contributed by atoms with E-state index in [0.717, 1.165) is 31.2 Å². The lowest BCUT2D eigenvalue weighted by Gasteiger charge is -2.24. The molecule has 0 saturated heterocycles. The molecule has 0 amide bonds. The van der Waals surface area contributed by atoms with Gasteiger partial charge in [-0.1, -0.05) is 13.0 Å². The Kier molecular flexibility index (Phi) is 4.59. The highest BCUT2D eigenvalue weighted by Gasteiger charge is 2.24. The van der Waals surface area contributed by atoms with Crippen LogP contribution in [0.2, 0.25) is 0 Å². The molecule has 0 bridgehead atoms. The van der Waals surface area contributed by atoms with Crippen molar-refractivity contribution in [3.05, 3.63) is 23.9 Å². The predicted octanol–water partition coefficient (Wildman–Crippen LogP) is 2.99. The highest BCUT2D eigenvalue weighted by Crippen LogP contribution is 2.32. The van der Waals surface area contributed by atoms with Crippen LogP contribution in [0, 0.1) is 5.92 Å². The minimum absolute atomic E-state index is 0.371. The summed E-state index contributed by atoms with van der Waals surface area (Å²) in [7, 11) is 2.16. The Labute approximate surface area is 111 Å². The molecule has 18 heavy (non-hydrogen) atoms. The summed E-state index contributed by atoms with van der Waals surface area (Å²) in [4.78, 5) is 6.89. The normalized spacial score (nSPS) is 16.6. The van der Waals surface area contributed by atoms with E-state index < -0.39 is 0 Å². The number of nitrogens with one attached hydrogen (secondary N) is 1. The van der Waals surface area contributed by atoms with Crippen molar-refractivity contribution < 1.29 is 0 Å². The summed E-state index contributed by atoms with van der Waals surface area (Å²) in [6.45, 7) is 6.62. The number of hydrogen-bond donors (Lipinski definition) is 1. The first-order chi connectivity index (χ1) is 8.72. The lowest BCUT2D eigenvalue weighted by molar-refractivity contribution is 0.567. The van der Waals surface area contributed by atoms with Crippen LogP contribution in [0.3, 0.4) is 0 Å². The quantitative estimate of drug-likeness (QED) is 0.803. The van der Waals surface area contributed by atoms with E-state index in [-0.39, 0.29) is 0 Å². The van der Waals surface area contributed by atoms with Crippen molar-refractivity contribution in [2.45, 2.75) is 39.2 Å². The maximum Gasteiger partial charge on any atom is 0.133 e. The topological polar surface area (TPSA) is 28.2 Å². The smallest absolute Gasteiger partial charge is 0.133 e. The van der Waals surface area contributed by atoms with Gasteiger partial charge in [0, 0.05) is 31.4 Å². The van der Waals surface area contributed by atoms with Crippen LogP contribution in [0.1, 0.15) is 44.7 Å². The molecule has 1 aliphatic rings. The van der Waals surface area contributed by atoms with Crippen molar-refractivity contribution in [2.24, 2.45) is 5.92 Å². The number of nitrogens with zero attached hydrogens (tertiary/aromatic N) is 2. The molecule has 2 rings (SSSR count). The molecular weight excluding hydrogens is 222 g/mol. The van der Waals surface area contributed by atoms with Crippen molar-refractivity contribution in [1.29, 1.82) is 0 Å². The molecule has 1 N–H and O–H groups in total. The molecular formula is C15H25N3. The van der Waals surface area contributed by atoms with Crippen LogP contribution in [0.15, 0.2) is 18.3 Å². The summed E-state index contributed by atoms with van der Waals surface area (Å²) >= 11 is 0. The number of hydrogen-bond acceptors (Lipinski definition) is 3. The van der Waals surface area contributed by atoms with Gasteiger partial charge in [0.2, 0.25) is 0 Å². The van der Waals surface area contributed by atoms with Crippen LogP contribution < -0.4 is 10.2 Å². The molecule has 1 aromatic rings. The van der Waals surface area contributed by atoms with Gasteiger partial charge in [0.1, 0.15) is 5.82 Å². The van der Waals surface area contributed by atoms with Crippen molar-refractivity contribution in [1.82, 2.24) is 10.3 Å². The maximum absolute atomic E-state index is 4.57. The molecule has 1 aliphatic carbocycles. The fourth-order valence-electron chi connectivity index (χ4n) is 2.31. The fraction of sp³-hybridized carbons (Fsp3) is 0.667. The lowest BCUT2D eigenvalue weighted by Crippen LogP contribution is -2.26. The van der Waals surface area contributed by atoms with E-state index >= 15 is 0 Å². The van der Waals surface area contributed by atoms with E-state index in [1.807, 2.05) is 12.3 Å². The third-order valence-electron chi connectivity index (χ3n) is 3.57. The van der Waals surface area contributed by atoms with Gasteiger partial charge in [-0.2, -0.15) is 0 Å². The minimum atomic E-state index is 0.371. The molecule has 1 atom stereocenters. The summed E-state index contributed by atoms with van der Waals surface area (Å²) in [6.07, 6.45) is 5.83. The van der Waals surface area contributed by atoms with Crippen molar-refractivity contribution >= 4 is 5.82 Å². The number of pyridine rings is 1. The van der Waals surface area contributed by atoms with Crippen LogP contribution in [0.25, 0.3) is 0 Å². The molecule has 3 nitrogen and oxygen atoms in total. The summed E-state index contributed by atoms with van der Waals surface area (Å²) in [5, 5.41) is 3.55. The summed E-state index contributed by atoms with van der Waals surface area (Å²) in [5.41, 5.74) is 1.31. The van der Waals surface area contributed by atoms with Gasteiger partial charge in [-0.3, -0.25) is 0 Å². The van der Waals surface area contributed by atoms with Crippen molar-refractivity contribution in [3.63, 3.8) is 0 Å². The molecule has 0 aliphatic heterocycles. The Morgan fingerprint density at radius 3 is 2.94 bits per heavy atom. The third-order valence-corrected chi connectivity index (χ3v) is 3.57. The van der Waals surface area contributed by atoms with Gasteiger partial charge < -0.3 is 10.2 Å². The Balaban J connectivity index is 2.07. The zero-order valence-electron chi connectivity index (χ0n) is 11.8. The Morgan fingerprint density at radius 2 is 2.28 bits per heavy atom. The third kappa shape index (κ3) is 3.45. The largest absolute Gasteiger partial charge is 0.359 e. The highest BCUT2D eigenvalue weighted by molar-refractivity contribution is 5.47. The molecule has 0 spiro atoms. The van der Waals surface area contributed by atoms with Crippen LogP contribution in [-0.4, -0.2) is 25.1 Å². The fourth-order valence-corrected chi connectivity index (χ4v) is 2.31. The first-order valence-corrected chi connectivity index (χ1v) is 7.11. The molecule has 100 valence electrons. The minimum Gasteiger partial charge on any atom is -0.359 e. The van der Waals surface area contributed by atoms with E-state index in [9.17, 15) is 0 Å². The maximum atomic E-state index is 4.57. The Bertz CT molecular complexity index is 374. The van der Waals surface area contributed by atoms with Gasteiger partial charge in [0.15, 0.2) is 0 Å². The molecule has 0 radical (unpaired) electrons. The highest BCUT2D eigenvalue weighted by atomic mass is 15.2. The van der Waals surface area contributed by atoms with Gasteiger partial charge in [0.05, 0.1) is 0 Å². The average Bonchev–Trinajstić information content (AvgIpc) is 3.19. The van der Waals surface area contributed by atoms with Gasteiger partial charge in [-0.05, 0) is 44.7 Å². The monoisotopic (exact) mass is 247 g/mol. The summed E-state index contributed by atoms with van der Waals surface area (Å²) < 4.78 is 0. The van der Waals surface area contributed by atoms with Gasteiger partial charge >= 0.3 is 0 Å². The molecule has 1 aromatic heterocycles. The van der Waals surface area contributed by atoms with E-state index in [1.54, 1.807) is 0 Å². The number of rotatable bonds is 7. The van der Waals surface area contributed by atoms with Crippen LogP contribution in [-0.2, 0) is 0 Å². The van der Waals surface area contributed by atoms with Gasteiger partial charge in [0.25, 0.3) is 0 Å². The zero-order valence-corrected chi connectivity index (χ0v) is 11.8. The first-order valence-electron chi connectivity index (χ1n) is 7.11. The second kappa shape index (κ2) is 6.19. The van der Waals surface area contributed by atoms with Gasteiger partial charge in [-0.15, -0.1) is 0 Å². The molecule has 3 heteroatoms. The van der Waals surface area contributed by atoms with E-state index in [2.05, 4.69) is 42.2 Å². The summed E-state index contributed by atoms with van der Waals surface area (Å²) in [6, 6.07) is 4.60. The van der Waals surface area contributed by atoms with Crippen molar-refractivity contribution in [3.8, 4) is 0 Å². The average molecular weight is 247 g/mol. The van der Waals surface area contributed by atoms with E-state index in [1.165, 1.54) is 18.4 Å². The Hall–Kier alpha value is -1.09. The lowest BCUT2D eigenvalue weighted by atomic mass is 10.1. The van der Waals surface area contributed by atoms with E-state index in [4.69, 9.17) is 0 Å². The SMILES string of the molecule is CCCNC(C)c1cccnc1N(C)CC1CC1. The standard InChI is InChI=1S/C15H25N3/c1-4-9-16-12(2)14-6-5-10-17-15(14)18(3)11-13-7-8-13/h5-6,10,12-13,16H,4,7-9,11H2,1-3H3. The summed E-state index contributed by atoms with van der Waals surface area (Å²) in [5.74, 6) is 2.03. The molecule has 1 heterocycles. The number of anilines is 1. The Morgan fingerprint density at radius 1 is 1.50 bits per heavy atom. The molecule has 1 fully saturated rings. The molecule has 1 saturated carbocycles. The zero-order chi connectivity index (χ0) is 13.0. The van der Waals surface area contributed by atoms with Crippen LogP contribution in [0.5, 0.6) is 0 Å². The number of aromatic nitrogens is 1. The van der Waals surface area contributed by atoms with Crippen molar-refractivity contribution in [2.75, 3.05) is 25.0 Å². The molecule has 1 unspecified atom stereocenters. The first kappa shape index (κ1) is 13.3. The van der Waals surface area contributed by atoms with Crippen LogP contribution >= 0.6 is 0 Å². The second-order valence-corrected chi connectivity index (χ2v) is 5.42. The molecule has 0 aromatic carbocycles.